The van der Waals surface area contributed by atoms with Crippen molar-refractivity contribution < 1.29 is 4.74 Å². The quantitative estimate of drug-likeness (QED) is 0.301. The Hall–Kier alpha value is -1.90. The minimum atomic E-state index is 0.802. The number of benzene rings is 1. The molecular weight excluding hydrogens is 344 g/mol. The van der Waals surface area contributed by atoms with Crippen LogP contribution in [0.3, 0.4) is 0 Å². The Morgan fingerprint density at radius 3 is 1.93 bits per heavy atom. The average molecular weight is 383 g/mol. The molecule has 0 fully saturated rings. The molecule has 1 aromatic heterocycles. The van der Waals surface area contributed by atoms with Gasteiger partial charge < -0.3 is 4.74 Å². The highest BCUT2D eigenvalue weighted by molar-refractivity contribution is 5.59. The van der Waals surface area contributed by atoms with Crippen molar-refractivity contribution in [2.45, 2.75) is 90.9 Å². The number of aromatic nitrogens is 2. The molecule has 3 nitrogen and oxygen atoms in total. The molecule has 0 radical (unpaired) electrons. The topological polar surface area (TPSA) is 35.0 Å². The first-order valence-electron chi connectivity index (χ1n) is 11.4. The van der Waals surface area contributed by atoms with E-state index in [0.29, 0.717) is 0 Å². The van der Waals surface area contributed by atoms with Crippen LogP contribution in [0.5, 0.6) is 5.75 Å². The first-order chi connectivity index (χ1) is 13.8. The zero-order valence-electron chi connectivity index (χ0n) is 18.0. The predicted molar refractivity (Wildman–Crippen MR) is 119 cm³/mol. The third kappa shape index (κ3) is 8.86. The zero-order chi connectivity index (χ0) is 19.9. The second-order valence-corrected chi connectivity index (χ2v) is 7.71. The number of hydrogen-bond donors (Lipinski definition) is 0. The van der Waals surface area contributed by atoms with Crippen LogP contribution in [0.2, 0.25) is 0 Å². The fourth-order valence-electron chi connectivity index (χ4n) is 3.35. The number of unbranched alkanes of at least 4 members (excludes halogenated alkanes) is 9. The maximum atomic E-state index is 5.84. The van der Waals surface area contributed by atoms with Gasteiger partial charge in [-0.3, -0.25) is 0 Å². The van der Waals surface area contributed by atoms with Crippen LogP contribution in [0.25, 0.3) is 11.3 Å². The van der Waals surface area contributed by atoms with E-state index in [9.17, 15) is 0 Å². The first-order valence-corrected chi connectivity index (χ1v) is 11.4. The van der Waals surface area contributed by atoms with Gasteiger partial charge in [-0.15, -0.1) is 0 Å². The summed E-state index contributed by atoms with van der Waals surface area (Å²) in [5, 5.41) is 8.84. The van der Waals surface area contributed by atoms with Gasteiger partial charge in [-0.25, -0.2) is 0 Å². The maximum Gasteiger partial charge on any atom is 0.119 e. The Kier molecular flexibility index (Phi) is 11.3. The molecule has 3 heteroatoms. The molecule has 0 aliphatic rings. The molecule has 0 N–H and O–H groups in total. The Labute approximate surface area is 171 Å². The number of ether oxygens (including phenoxy) is 1. The van der Waals surface area contributed by atoms with Crippen LogP contribution in [0.15, 0.2) is 36.4 Å². The summed E-state index contributed by atoms with van der Waals surface area (Å²) in [6.45, 7) is 5.30. The van der Waals surface area contributed by atoms with Crippen molar-refractivity contribution in [3.8, 4) is 17.0 Å². The molecule has 0 aliphatic carbocycles. The van der Waals surface area contributed by atoms with Gasteiger partial charge in [-0.1, -0.05) is 71.6 Å². The van der Waals surface area contributed by atoms with Gasteiger partial charge in [0.05, 0.1) is 18.0 Å². The monoisotopic (exact) mass is 382 g/mol. The summed E-state index contributed by atoms with van der Waals surface area (Å²) < 4.78 is 5.84. The van der Waals surface area contributed by atoms with Gasteiger partial charge in [-0.05, 0) is 55.7 Å². The molecule has 0 aliphatic heterocycles. The van der Waals surface area contributed by atoms with E-state index in [1.807, 2.05) is 12.1 Å². The predicted octanol–water partition coefficient (Wildman–Crippen LogP) is 7.40. The number of rotatable bonds is 15. The zero-order valence-corrected chi connectivity index (χ0v) is 18.0. The van der Waals surface area contributed by atoms with Crippen molar-refractivity contribution in [3.05, 3.63) is 42.1 Å². The van der Waals surface area contributed by atoms with Gasteiger partial charge in [0.25, 0.3) is 0 Å². The lowest BCUT2D eigenvalue weighted by Gasteiger charge is -2.07. The van der Waals surface area contributed by atoms with E-state index in [4.69, 9.17) is 4.74 Å². The standard InChI is InChI=1S/C25H38N2O/c1-3-5-7-9-10-12-14-23-17-20-25(27-26-23)22-15-18-24(19-16-22)28-21-13-11-8-6-4-2/h15-20H,3-14,21H2,1-2H3. The largest absolute Gasteiger partial charge is 0.494 e. The lowest BCUT2D eigenvalue weighted by molar-refractivity contribution is 0.304. The first kappa shape index (κ1) is 22.4. The van der Waals surface area contributed by atoms with Gasteiger partial charge in [0, 0.05) is 5.56 Å². The summed E-state index contributed by atoms with van der Waals surface area (Å²) in [4.78, 5) is 0. The third-order valence-corrected chi connectivity index (χ3v) is 5.17. The van der Waals surface area contributed by atoms with Crippen LogP contribution in [-0.4, -0.2) is 16.8 Å². The Morgan fingerprint density at radius 1 is 0.643 bits per heavy atom. The van der Waals surface area contributed by atoms with Crippen LogP contribution in [-0.2, 0) is 6.42 Å². The molecule has 28 heavy (non-hydrogen) atoms. The van der Waals surface area contributed by atoms with Crippen molar-refractivity contribution in [3.63, 3.8) is 0 Å². The molecule has 0 unspecified atom stereocenters. The second kappa shape index (κ2) is 14.1. The Balaban J connectivity index is 1.71. The molecule has 0 amide bonds. The van der Waals surface area contributed by atoms with E-state index < -0.39 is 0 Å². The third-order valence-electron chi connectivity index (χ3n) is 5.17. The molecule has 2 rings (SSSR count). The molecule has 2 aromatic rings. The van der Waals surface area contributed by atoms with Gasteiger partial charge in [-0.2, -0.15) is 10.2 Å². The number of aryl methyl sites for hydroxylation is 1. The van der Waals surface area contributed by atoms with Gasteiger partial charge in [0.1, 0.15) is 5.75 Å². The summed E-state index contributed by atoms with van der Waals surface area (Å²) >= 11 is 0. The van der Waals surface area contributed by atoms with Crippen LogP contribution in [0, 0.1) is 0 Å². The van der Waals surface area contributed by atoms with Crippen LogP contribution in [0.1, 0.15) is 90.2 Å². The minimum Gasteiger partial charge on any atom is -0.494 e. The van der Waals surface area contributed by atoms with Crippen molar-refractivity contribution >= 4 is 0 Å². The van der Waals surface area contributed by atoms with Crippen LogP contribution < -0.4 is 4.74 Å². The minimum absolute atomic E-state index is 0.802. The molecule has 0 saturated heterocycles. The van der Waals surface area contributed by atoms with E-state index in [1.54, 1.807) is 0 Å². The highest BCUT2D eigenvalue weighted by Crippen LogP contribution is 2.21. The molecule has 1 aromatic carbocycles. The van der Waals surface area contributed by atoms with Gasteiger partial charge in [0.2, 0.25) is 0 Å². The second-order valence-electron chi connectivity index (χ2n) is 7.71. The van der Waals surface area contributed by atoms with Crippen LogP contribution in [0.4, 0.5) is 0 Å². The van der Waals surface area contributed by atoms with E-state index in [-0.39, 0.29) is 0 Å². The van der Waals surface area contributed by atoms with E-state index in [2.05, 4.69) is 48.3 Å². The maximum absolute atomic E-state index is 5.84. The SMILES string of the molecule is CCCCCCCCc1ccc(-c2ccc(OCCCCCCC)cc2)nn1. The molecule has 0 saturated carbocycles. The lowest BCUT2D eigenvalue weighted by atomic mass is 10.1. The average Bonchev–Trinajstić information content (AvgIpc) is 2.74. The Morgan fingerprint density at radius 2 is 1.29 bits per heavy atom. The van der Waals surface area contributed by atoms with E-state index in [0.717, 1.165) is 42.1 Å². The van der Waals surface area contributed by atoms with E-state index >= 15 is 0 Å². The summed E-state index contributed by atoms with van der Waals surface area (Å²) in [6.07, 6.45) is 15.2. The Bertz CT molecular complexity index is 565. The summed E-state index contributed by atoms with van der Waals surface area (Å²) in [7, 11) is 0. The summed E-state index contributed by atoms with van der Waals surface area (Å²) in [5.74, 6) is 0.937. The highest BCUT2D eigenvalue weighted by atomic mass is 16.5. The summed E-state index contributed by atoms with van der Waals surface area (Å²) in [5.41, 5.74) is 3.12. The normalized spacial score (nSPS) is 10.9. The molecule has 154 valence electrons. The lowest BCUT2D eigenvalue weighted by Crippen LogP contribution is -1.97. The number of hydrogen-bond acceptors (Lipinski definition) is 3. The van der Waals surface area contributed by atoms with Crippen molar-refractivity contribution in [2.75, 3.05) is 6.61 Å². The highest BCUT2D eigenvalue weighted by Gasteiger charge is 2.03. The molecular formula is C25H38N2O. The van der Waals surface area contributed by atoms with Crippen molar-refractivity contribution in [1.82, 2.24) is 10.2 Å². The summed E-state index contributed by atoms with van der Waals surface area (Å²) in [6, 6.07) is 12.4. The van der Waals surface area contributed by atoms with Gasteiger partial charge >= 0.3 is 0 Å². The van der Waals surface area contributed by atoms with Crippen molar-refractivity contribution in [2.24, 2.45) is 0 Å². The molecule has 1 heterocycles. The molecule has 0 spiro atoms. The fourth-order valence-corrected chi connectivity index (χ4v) is 3.35. The van der Waals surface area contributed by atoms with Gasteiger partial charge in [0.15, 0.2) is 0 Å². The smallest absolute Gasteiger partial charge is 0.119 e. The molecule has 0 bridgehead atoms. The number of nitrogens with zero attached hydrogens (tertiary/aromatic N) is 2. The van der Waals surface area contributed by atoms with Crippen LogP contribution >= 0.6 is 0 Å². The van der Waals surface area contributed by atoms with Crippen molar-refractivity contribution in [1.29, 1.82) is 0 Å². The van der Waals surface area contributed by atoms with E-state index in [1.165, 1.54) is 64.2 Å². The molecule has 0 atom stereocenters. The fraction of sp³-hybridized carbons (Fsp3) is 0.600.